The Morgan fingerprint density at radius 3 is 2.77 bits per heavy atom. The Bertz CT molecular complexity index is 297. The van der Waals surface area contributed by atoms with E-state index < -0.39 is 10.0 Å². The molecular formula is C9H17NO2S. The Hall–Kier alpha value is -0.350. The van der Waals surface area contributed by atoms with Crippen molar-refractivity contribution in [3.63, 3.8) is 0 Å². The minimum atomic E-state index is -3.38. The molecule has 0 spiro atoms. The van der Waals surface area contributed by atoms with Crippen LogP contribution in [0.4, 0.5) is 0 Å². The number of nitrogens with two attached hydrogens (primary N) is 1. The molecule has 3 nitrogen and oxygen atoms in total. The number of hydrogen-bond donors (Lipinski definition) is 1. The predicted octanol–water partition coefficient (Wildman–Crippen LogP) is 1.41. The number of sulfonamides is 1. The van der Waals surface area contributed by atoms with Crippen LogP contribution in [-0.4, -0.2) is 13.7 Å². The topological polar surface area (TPSA) is 60.2 Å². The average Bonchev–Trinajstić information content (AvgIpc) is 2.30. The maximum atomic E-state index is 11.3. The number of primary sulfonamides is 1. The second kappa shape index (κ2) is 3.42. The van der Waals surface area contributed by atoms with Gasteiger partial charge >= 0.3 is 0 Å². The number of allylic oxidation sites excluding steroid dienone is 1. The quantitative estimate of drug-likeness (QED) is 0.705. The number of hydrogen-bond acceptors (Lipinski definition) is 2. The Kier molecular flexibility index (Phi) is 2.82. The zero-order chi connectivity index (χ0) is 10.1. The van der Waals surface area contributed by atoms with Crippen molar-refractivity contribution in [1.82, 2.24) is 0 Å². The summed E-state index contributed by atoms with van der Waals surface area (Å²) in [7, 11) is -3.38. The molecule has 0 saturated heterocycles. The summed E-state index contributed by atoms with van der Waals surface area (Å²) in [6, 6.07) is 0. The molecular weight excluding hydrogens is 186 g/mol. The highest BCUT2D eigenvalue weighted by Crippen LogP contribution is 2.43. The summed E-state index contributed by atoms with van der Waals surface area (Å²) in [4.78, 5) is 0. The van der Waals surface area contributed by atoms with Crippen LogP contribution in [0.15, 0.2) is 12.7 Å². The van der Waals surface area contributed by atoms with E-state index in [2.05, 4.69) is 6.58 Å². The van der Waals surface area contributed by atoms with E-state index in [9.17, 15) is 8.42 Å². The summed E-state index contributed by atoms with van der Waals surface area (Å²) in [6.07, 6.45) is 5.09. The summed E-state index contributed by atoms with van der Waals surface area (Å²) in [5, 5.41) is 4.81. The molecule has 0 amide bonds. The van der Waals surface area contributed by atoms with E-state index in [0.717, 1.165) is 19.3 Å². The van der Waals surface area contributed by atoms with E-state index in [-0.39, 0.29) is 10.7 Å². The molecule has 0 heterocycles. The van der Waals surface area contributed by atoms with Gasteiger partial charge < -0.3 is 0 Å². The highest BCUT2D eigenvalue weighted by atomic mass is 32.2. The first-order valence-electron chi connectivity index (χ1n) is 4.53. The first kappa shape index (κ1) is 10.7. The second-order valence-corrected chi connectivity index (χ2v) is 5.86. The van der Waals surface area contributed by atoms with Gasteiger partial charge in [-0.3, -0.25) is 0 Å². The van der Waals surface area contributed by atoms with Crippen molar-refractivity contribution in [3.05, 3.63) is 12.7 Å². The van der Waals surface area contributed by atoms with Gasteiger partial charge in [-0.1, -0.05) is 19.4 Å². The molecule has 0 radical (unpaired) electrons. The standard InChI is InChI=1S/C9H17NO2S/c1-3-6-9(2)7-4-5-8(9)13(10,11)12/h3,8H,1,4-7H2,2H3,(H2,10,11,12)/t8-,9-/m0/s1. The Morgan fingerprint density at radius 1 is 1.69 bits per heavy atom. The Morgan fingerprint density at radius 2 is 2.31 bits per heavy atom. The molecule has 2 atom stereocenters. The lowest BCUT2D eigenvalue weighted by atomic mass is 9.85. The minimum Gasteiger partial charge on any atom is -0.228 e. The maximum Gasteiger partial charge on any atom is 0.212 e. The average molecular weight is 203 g/mol. The summed E-state index contributed by atoms with van der Waals surface area (Å²) < 4.78 is 22.5. The molecule has 4 heteroatoms. The zero-order valence-corrected chi connectivity index (χ0v) is 8.81. The first-order valence-corrected chi connectivity index (χ1v) is 6.13. The van der Waals surface area contributed by atoms with Gasteiger partial charge in [-0.05, 0) is 24.7 Å². The molecule has 0 aliphatic heterocycles. The predicted molar refractivity (Wildman–Crippen MR) is 53.7 cm³/mol. The van der Waals surface area contributed by atoms with Crippen LogP contribution in [0.1, 0.15) is 32.6 Å². The lowest BCUT2D eigenvalue weighted by molar-refractivity contribution is 0.341. The highest BCUT2D eigenvalue weighted by Gasteiger charge is 2.43. The van der Waals surface area contributed by atoms with E-state index in [1.165, 1.54) is 0 Å². The summed E-state index contributed by atoms with van der Waals surface area (Å²) >= 11 is 0. The first-order chi connectivity index (χ1) is 5.90. The van der Waals surface area contributed by atoms with Crippen molar-refractivity contribution >= 4 is 10.0 Å². The van der Waals surface area contributed by atoms with E-state index in [1.54, 1.807) is 6.08 Å². The molecule has 1 rings (SSSR count). The van der Waals surface area contributed by atoms with Crippen LogP contribution in [0.2, 0.25) is 0 Å². The van der Waals surface area contributed by atoms with Crippen molar-refractivity contribution in [2.45, 2.75) is 37.9 Å². The third-order valence-corrected chi connectivity index (χ3v) is 4.60. The summed E-state index contributed by atoms with van der Waals surface area (Å²) in [5.41, 5.74) is -0.185. The van der Waals surface area contributed by atoms with Crippen molar-refractivity contribution in [2.24, 2.45) is 10.6 Å². The zero-order valence-electron chi connectivity index (χ0n) is 7.99. The molecule has 1 saturated carbocycles. The molecule has 0 bridgehead atoms. The van der Waals surface area contributed by atoms with Crippen molar-refractivity contribution in [2.75, 3.05) is 0 Å². The van der Waals surface area contributed by atoms with Crippen LogP contribution < -0.4 is 5.14 Å². The van der Waals surface area contributed by atoms with Gasteiger partial charge in [0.25, 0.3) is 0 Å². The fraction of sp³-hybridized carbons (Fsp3) is 0.778. The molecule has 0 unspecified atom stereocenters. The molecule has 13 heavy (non-hydrogen) atoms. The monoisotopic (exact) mass is 203 g/mol. The molecule has 0 aromatic carbocycles. The van der Waals surface area contributed by atoms with Gasteiger partial charge in [-0.15, -0.1) is 6.58 Å². The Balaban J connectivity index is 2.92. The lowest BCUT2D eigenvalue weighted by Gasteiger charge is -2.28. The SMILES string of the molecule is C=CC[C@@]1(C)CCC[C@@H]1S(N)(=O)=O. The van der Waals surface area contributed by atoms with Gasteiger partial charge in [0.05, 0.1) is 5.25 Å². The van der Waals surface area contributed by atoms with Crippen LogP contribution in [0.5, 0.6) is 0 Å². The van der Waals surface area contributed by atoms with E-state index >= 15 is 0 Å². The van der Waals surface area contributed by atoms with Gasteiger partial charge in [0.1, 0.15) is 0 Å². The molecule has 1 aliphatic rings. The normalized spacial score (nSPS) is 34.8. The van der Waals surface area contributed by atoms with E-state index in [4.69, 9.17) is 5.14 Å². The van der Waals surface area contributed by atoms with Crippen LogP contribution in [0, 0.1) is 5.41 Å². The summed E-state index contributed by atoms with van der Waals surface area (Å²) in [5.74, 6) is 0. The fourth-order valence-electron chi connectivity index (χ4n) is 2.32. The maximum absolute atomic E-state index is 11.3. The largest absolute Gasteiger partial charge is 0.228 e. The molecule has 2 N–H and O–H groups in total. The van der Waals surface area contributed by atoms with E-state index in [1.807, 2.05) is 6.92 Å². The van der Waals surface area contributed by atoms with Gasteiger partial charge in [0.15, 0.2) is 0 Å². The lowest BCUT2D eigenvalue weighted by Crippen LogP contribution is -2.38. The fourth-order valence-corrected chi connectivity index (χ4v) is 3.83. The van der Waals surface area contributed by atoms with Crippen molar-refractivity contribution in [1.29, 1.82) is 0 Å². The second-order valence-electron chi connectivity index (χ2n) is 4.12. The van der Waals surface area contributed by atoms with Gasteiger partial charge in [0.2, 0.25) is 10.0 Å². The van der Waals surface area contributed by atoms with Gasteiger partial charge in [-0.2, -0.15) is 0 Å². The molecule has 76 valence electrons. The van der Waals surface area contributed by atoms with Crippen LogP contribution in [-0.2, 0) is 10.0 Å². The highest BCUT2D eigenvalue weighted by molar-refractivity contribution is 7.89. The van der Waals surface area contributed by atoms with E-state index in [0.29, 0.717) is 6.42 Å². The van der Waals surface area contributed by atoms with Crippen molar-refractivity contribution in [3.8, 4) is 0 Å². The van der Waals surface area contributed by atoms with Crippen LogP contribution in [0.3, 0.4) is 0 Å². The van der Waals surface area contributed by atoms with Gasteiger partial charge in [-0.25, -0.2) is 13.6 Å². The third kappa shape index (κ3) is 2.11. The smallest absolute Gasteiger partial charge is 0.212 e. The molecule has 0 aromatic rings. The molecule has 1 aliphatic carbocycles. The van der Waals surface area contributed by atoms with Gasteiger partial charge in [0, 0.05) is 0 Å². The summed E-state index contributed by atoms with van der Waals surface area (Å²) in [6.45, 7) is 5.63. The minimum absolute atomic E-state index is 0.185. The number of rotatable bonds is 3. The molecule has 0 aromatic heterocycles. The van der Waals surface area contributed by atoms with Crippen LogP contribution in [0.25, 0.3) is 0 Å². The van der Waals surface area contributed by atoms with Crippen molar-refractivity contribution < 1.29 is 8.42 Å². The third-order valence-electron chi connectivity index (χ3n) is 3.00. The van der Waals surface area contributed by atoms with Crippen LogP contribution >= 0.6 is 0 Å². The molecule has 1 fully saturated rings. The Labute approximate surface area is 80.1 Å².